The van der Waals surface area contributed by atoms with Gasteiger partial charge in [-0.05, 0) is 42.9 Å². The van der Waals surface area contributed by atoms with E-state index < -0.39 is 47.1 Å². The molecule has 1 N–H and O–H groups in total. The van der Waals surface area contributed by atoms with Crippen LogP contribution in [-0.4, -0.2) is 52.2 Å². The quantitative estimate of drug-likeness (QED) is 0.343. The maximum Gasteiger partial charge on any atom is 0.408 e. The number of aldehydes is 1. The van der Waals surface area contributed by atoms with Gasteiger partial charge in [-0.1, -0.05) is 60.7 Å². The van der Waals surface area contributed by atoms with Crippen molar-refractivity contribution in [2.45, 2.75) is 56.4 Å². The molecule has 1 saturated heterocycles. The topological polar surface area (TPSA) is 102 Å². The molecule has 0 radical (unpaired) electrons. The Morgan fingerprint density at radius 2 is 1.64 bits per heavy atom. The molecule has 2 aromatic carbocycles. The number of carbonyl (C=O) groups excluding carboxylic acids is 4. The van der Waals surface area contributed by atoms with Crippen molar-refractivity contribution in [2.24, 2.45) is 0 Å². The maximum absolute atomic E-state index is 13.6. The Kier molecular flexibility index (Phi) is 7.49. The summed E-state index contributed by atoms with van der Waals surface area (Å²) in [6.45, 7) is 5.19. The lowest BCUT2D eigenvalue weighted by Crippen LogP contribution is -2.74. The minimum Gasteiger partial charge on any atom is -0.451 e. The standard InChI is InChI=1S/C27H28N2O6S/c1-27(2,3)35-26(33)28-20-23(31)29-21(19(14-15-30)16-36-24(20)29)25(32)34-22(17-10-6-4-7-11-17)18-12-8-5-9-13-18/h4-13,15-16,20-22,24H,14H2,1-3H3,(H,28,33). The van der Waals surface area contributed by atoms with Crippen LogP contribution < -0.4 is 5.32 Å². The monoisotopic (exact) mass is 508 g/mol. The zero-order valence-corrected chi connectivity index (χ0v) is 21.1. The highest BCUT2D eigenvalue weighted by Crippen LogP contribution is 2.42. The van der Waals surface area contributed by atoms with Crippen LogP contribution in [0.5, 0.6) is 0 Å². The van der Waals surface area contributed by atoms with Gasteiger partial charge < -0.3 is 24.5 Å². The van der Waals surface area contributed by atoms with E-state index in [4.69, 9.17) is 9.47 Å². The maximum atomic E-state index is 13.6. The first kappa shape index (κ1) is 25.5. The number of rotatable bonds is 7. The molecule has 3 atom stereocenters. The number of amides is 2. The van der Waals surface area contributed by atoms with Crippen molar-refractivity contribution in [1.82, 2.24) is 10.2 Å². The second-order valence-corrected chi connectivity index (χ2v) is 10.5. The summed E-state index contributed by atoms with van der Waals surface area (Å²) in [5.74, 6) is -1.08. The Bertz CT molecular complexity index is 1120. The van der Waals surface area contributed by atoms with Crippen molar-refractivity contribution in [2.75, 3.05) is 0 Å². The molecule has 0 saturated carbocycles. The van der Waals surface area contributed by atoms with E-state index in [9.17, 15) is 19.2 Å². The summed E-state index contributed by atoms with van der Waals surface area (Å²) in [6, 6.07) is 16.7. The molecule has 2 aliphatic rings. The second-order valence-electron chi connectivity index (χ2n) is 9.50. The molecule has 2 aliphatic heterocycles. The highest BCUT2D eigenvalue weighted by molar-refractivity contribution is 8.02. The number of hydrogen-bond acceptors (Lipinski definition) is 7. The SMILES string of the molecule is CC(C)(C)OC(=O)NC1C(=O)N2C(C(=O)OC(c3ccccc3)c3ccccc3)C(CC=O)=CSC12. The number of benzene rings is 2. The van der Waals surface area contributed by atoms with Gasteiger partial charge in [-0.25, -0.2) is 9.59 Å². The average Bonchev–Trinajstić information content (AvgIpc) is 2.85. The van der Waals surface area contributed by atoms with Crippen molar-refractivity contribution < 1.29 is 28.7 Å². The molecule has 0 spiro atoms. The largest absolute Gasteiger partial charge is 0.451 e. The van der Waals surface area contributed by atoms with Crippen LogP contribution in [0.1, 0.15) is 44.4 Å². The van der Waals surface area contributed by atoms with Crippen LogP contribution in [0.2, 0.25) is 0 Å². The van der Waals surface area contributed by atoms with E-state index in [1.54, 1.807) is 26.2 Å². The molecule has 9 heteroatoms. The molecule has 188 valence electrons. The molecule has 0 aromatic heterocycles. The number of β-lactam (4-membered cyclic amide) rings is 1. The molecule has 36 heavy (non-hydrogen) atoms. The highest BCUT2D eigenvalue weighted by Gasteiger charge is 2.56. The van der Waals surface area contributed by atoms with E-state index in [0.29, 0.717) is 11.9 Å². The predicted molar refractivity (Wildman–Crippen MR) is 135 cm³/mol. The van der Waals surface area contributed by atoms with Crippen LogP contribution in [-0.2, 0) is 23.9 Å². The van der Waals surface area contributed by atoms with Crippen molar-refractivity contribution in [3.05, 3.63) is 82.8 Å². The van der Waals surface area contributed by atoms with Crippen molar-refractivity contribution >= 4 is 36.0 Å². The number of esters is 1. The number of carbonyl (C=O) groups is 4. The minimum absolute atomic E-state index is 0.0191. The van der Waals surface area contributed by atoms with Gasteiger partial charge in [0.2, 0.25) is 5.91 Å². The van der Waals surface area contributed by atoms with Gasteiger partial charge in [0, 0.05) is 6.42 Å². The lowest BCUT2D eigenvalue weighted by Gasteiger charge is -2.51. The van der Waals surface area contributed by atoms with Crippen molar-refractivity contribution in [3.8, 4) is 0 Å². The number of nitrogens with one attached hydrogen (secondary N) is 1. The van der Waals surface area contributed by atoms with Crippen molar-refractivity contribution in [3.63, 3.8) is 0 Å². The molecule has 2 heterocycles. The molecule has 0 aliphatic carbocycles. The fourth-order valence-electron chi connectivity index (χ4n) is 4.16. The lowest BCUT2D eigenvalue weighted by molar-refractivity contribution is -0.164. The summed E-state index contributed by atoms with van der Waals surface area (Å²) in [4.78, 5) is 51.7. The smallest absolute Gasteiger partial charge is 0.408 e. The summed E-state index contributed by atoms with van der Waals surface area (Å²) in [6.07, 6.45) is -0.734. The van der Waals surface area contributed by atoms with Crippen LogP contribution in [0.15, 0.2) is 71.6 Å². The molecular weight excluding hydrogens is 480 g/mol. The number of alkyl carbamates (subject to hydrolysis) is 1. The predicted octanol–water partition coefficient (Wildman–Crippen LogP) is 3.97. The number of thioether (sulfide) groups is 1. The molecular formula is C27H28N2O6S. The third-order valence-electron chi connectivity index (χ3n) is 5.72. The fourth-order valence-corrected chi connectivity index (χ4v) is 5.40. The van der Waals surface area contributed by atoms with Crippen LogP contribution in [0, 0.1) is 0 Å². The molecule has 3 unspecified atom stereocenters. The molecule has 2 amide bonds. The molecule has 8 nitrogen and oxygen atoms in total. The Labute approximate surface area is 214 Å². The van der Waals surface area contributed by atoms with Gasteiger partial charge >= 0.3 is 12.1 Å². The molecule has 2 aromatic rings. The van der Waals surface area contributed by atoms with Gasteiger partial charge in [0.05, 0.1) is 0 Å². The third kappa shape index (κ3) is 5.46. The van der Waals surface area contributed by atoms with Gasteiger partial charge in [0.1, 0.15) is 23.3 Å². The van der Waals surface area contributed by atoms with Gasteiger partial charge in [0.15, 0.2) is 12.1 Å². The van der Waals surface area contributed by atoms with Gasteiger partial charge in [-0.2, -0.15) is 0 Å². The first-order valence-electron chi connectivity index (χ1n) is 11.6. The van der Waals surface area contributed by atoms with Crippen LogP contribution in [0.3, 0.4) is 0 Å². The number of nitrogens with zero attached hydrogens (tertiary/aromatic N) is 1. The number of ether oxygens (including phenoxy) is 2. The van der Waals surface area contributed by atoms with E-state index in [1.165, 1.54) is 16.7 Å². The first-order valence-corrected chi connectivity index (χ1v) is 12.5. The minimum atomic E-state index is -1.07. The van der Waals surface area contributed by atoms with Gasteiger partial charge in [-0.15, -0.1) is 11.8 Å². The van der Waals surface area contributed by atoms with Crippen LogP contribution in [0.4, 0.5) is 4.79 Å². The van der Waals surface area contributed by atoms with E-state index in [2.05, 4.69) is 5.32 Å². The Morgan fingerprint density at radius 3 is 2.17 bits per heavy atom. The van der Waals surface area contributed by atoms with Gasteiger partial charge in [-0.3, -0.25) is 4.79 Å². The Morgan fingerprint density at radius 1 is 1.06 bits per heavy atom. The zero-order valence-electron chi connectivity index (χ0n) is 20.2. The van der Waals surface area contributed by atoms with Crippen LogP contribution in [0.25, 0.3) is 0 Å². The summed E-state index contributed by atoms with van der Waals surface area (Å²) in [7, 11) is 0. The van der Waals surface area contributed by atoms with E-state index in [0.717, 1.165) is 11.1 Å². The Hall–Kier alpha value is -3.59. The first-order chi connectivity index (χ1) is 17.2. The molecule has 0 bridgehead atoms. The summed E-state index contributed by atoms with van der Waals surface area (Å²) >= 11 is 1.27. The molecule has 4 rings (SSSR count). The van der Waals surface area contributed by atoms with E-state index >= 15 is 0 Å². The second kappa shape index (κ2) is 10.6. The zero-order chi connectivity index (χ0) is 25.9. The van der Waals surface area contributed by atoms with Gasteiger partial charge in [0.25, 0.3) is 0 Å². The fraction of sp³-hybridized carbons (Fsp3) is 0.333. The summed E-state index contributed by atoms with van der Waals surface area (Å²) in [5, 5.41) is 3.78. The number of hydrogen-bond donors (Lipinski definition) is 1. The number of fused-ring (bicyclic) bond motifs is 1. The van der Waals surface area contributed by atoms with Crippen LogP contribution >= 0.6 is 11.8 Å². The van der Waals surface area contributed by atoms with Crippen molar-refractivity contribution in [1.29, 1.82) is 0 Å². The summed E-state index contributed by atoms with van der Waals surface area (Å²) in [5.41, 5.74) is 1.31. The van der Waals surface area contributed by atoms with E-state index in [1.807, 2.05) is 60.7 Å². The third-order valence-corrected chi connectivity index (χ3v) is 6.94. The Balaban J connectivity index is 1.58. The normalized spacial score (nSPS) is 21.1. The molecule has 1 fully saturated rings. The average molecular weight is 509 g/mol. The highest BCUT2D eigenvalue weighted by atomic mass is 32.2. The van der Waals surface area contributed by atoms with E-state index in [-0.39, 0.29) is 6.42 Å². The lowest BCUT2D eigenvalue weighted by atomic mass is 9.96. The summed E-state index contributed by atoms with van der Waals surface area (Å²) < 4.78 is 11.3.